The summed E-state index contributed by atoms with van der Waals surface area (Å²) in [4.78, 5) is 32.6. The van der Waals surface area contributed by atoms with E-state index in [-0.39, 0.29) is 28.7 Å². The highest BCUT2D eigenvalue weighted by Gasteiger charge is 2.44. The molecule has 0 radical (unpaired) electrons. The molecule has 1 saturated heterocycles. The first-order chi connectivity index (χ1) is 11.5. The van der Waals surface area contributed by atoms with Gasteiger partial charge in [-0.2, -0.15) is 0 Å². The fraction of sp³-hybridized carbons (Fsp3) is 0.722. The maximum Gasteiger partial charge on any atom is 0.327 e. The first kappa shape index (κ1) is 17.9. The van der Waals surface area contributed by atoms with Crippen molar-refractivity contribution in [2.24, 2.45) is 16.7 Å². The highest BCUT2D eigenvalue weighted by molar-refractivity contribution is 5.68. The number of ether oxygens (including phenoxy) is 1. The Hall–Kier alpha value is -1.89. The van der Waals surface area contributed by atoms with Crippen LogP contribution < -0.4 is 11.2 Å². The van der Waals surface area contributed by atoms with Crippen molar-refractivity contribution in [1.82, 2.24) is 19.5 Å². The number of imidazole rings is 1. The minimum absolute atomic E-state index is 0.103. The van der Waals surface area contributed by atoms with E-state index in [4.69, 9.17) is 4.74 Å². The molecule has 2 N–H and O–H groups in total. The summed E-state index contributed by atoms with van der Waals surface area (Å²) in [6.07, 6.45) is 3.24. The van der Waals surface area contributed by atoms with Crippen LogP contribution in [-0.4, -0.2) is 25.6 Å². The normalized spacial score (nSPS) is 25.0. The van der Waals surface area contributed by atoms with Crippen LogP contribution in [0.2, 0.25) is 0 Å². The fourth-order valence-electron chi connectivity index (χ4n) is 3.78. The predicted molar refractivity (Wildman–Crippen MR) is 96.5 cm³/mol. The van der Waals surface area contributed by atoms with Gasteiger partial charge in [0.25, 0.3) is 5.56 Å². The summed E-state index contributed by atoms with van der Waals surface area (Å²) >= 11 is 0. The second-order valence-electron chi connectivity index (χ2n) is 9.36. The predicted octanol–water partition coefficient (Wildman–Crippen LogP) is 2.80. The number of hydrogen-bond donors (Lipinski definition) is 2. The van der Waals surface area contributed by atoms with Crippen molar-refractivity contribution in [1.29, 1.82) is 0 Å². The van der Waals surface area contributed by atoms with Crippen LogP contribution in [0, 0.1) is 16.7 Å². The number of aromatic nitrogens is 4. The van der Waals surface area contributed by atoms with Crippen molar-refractivity contribution in [2.45, 2.75) is 66.7 Å². The van der Waals surface area contributed by atoms with E-state index in [0.29, 0.717) is 11.6 Å². The van der Waals surface area contributed by atoms with Gasteiger partial charge in [0.05, 0.1) is 12.4 Å². The van der Waals surface area contributed by atoms with E-state index in [9.17, 15) is 9.59 Å². The third kappa shape index (κ3) is 3.56. The summed E-state index contributed by atoms with van der Waals surface area (Å²) in [6, 6.07) is 0. The van der Waals surface area contributed by atoms with E-state index in [0.717, 1.165) is 12.8 Å². The van der Waals surface area contributed by atoms with Crippen LogP contribution in [0.1, 0.15) is 60.6 Å². The number of nitrogens with one attached hydrogen (secondary N) is 2. The maximum absolute atomic E-state index is 11.9. The highest BCUT2D eigenvalue weighted by Crippen LogP contribution is 2.47. The molecule has 1 unspecified atom stereocenters. The van der Waals surface area contributed by atoms with Gasteiger partial charge in [-0.1, -0.05) is 41.5 Å². The number of fused-ring (bicyclic) bond motifs is 1. The van der Waals surface area contributed by atoms with E-state index in [1.54, 1.807) is 10.9 Å². The molecule has 1 fully saturated rings. The van der Waals surface area contributed by atoms with Gasteiger partial charge < -0.3 is 4.74 Å². The van der Waals surface area contributed by atoms with E-state index >= 15 is 0 Å². The van der Waals surface area contributed by atoms with Gasteiger partial charge in [0.15, 0.2) is 5.52 Å². The topological polar surface area (TPSA) is 92.8 Å². The van der Waals surface area contributed by atoms with Crippen molar-refractivity contribution in [2.75, 3.05) is 0 Å². The molecule has 1 aliphatic rings. The molecule has 25 heavy (non-hydrogen) atoms. The second-order valence-corrected chi connectivity index (χ2v) is 9.36. The molecule has 0 saturated carbocycles. The Morgan fingerprint density at radius 3 is 2.48 bits per heavy atom. The molecule has 1 aliphatic heterocycles. The Morgan fingerprint density at radius 1 is 1.20 bits per heavy atom. The van der Waals surface area contributed by atoms with Gasteiger partial charge in [-0.25, -0.2) is 9.78 Å². The van der Waals surface area contributed by atoms with Gasteiger partial charge in [-0.15, -0.1) is 0 Å². The molecule has 3 atom stereocenters. The van der Waals surface area contributed by atoms with Crippen molar-refractivity contribution in [3.63, 3.8) is 0 Å². The largest absolute Gasteiger partial charge is 0.354 e. The first-order valence-electron chi connectivity index (χ1n) is 8.80. The highest BCUT2D eigenvalue weighted by atomic mass is 16.5. The quantitative estimate of drug-likeness (QED) is 0.873. The Labute approximate surface area is 146 Å². The standard InChI is InChI=1S/C18H28N4O3/c1-17(2,3)8-11-10(18(4,5)6)7-12(25-11)22-9-19-13-14(22)20-16(24)21-15(13)23/h9-12H,7-8H2,1-6H3,(H2,20,21,23,24)/t10?,11-,12-/m1/s1. The molecular formula is C18H28N4O3. The van der Waals surface area contributed by atoms with Gasteiger partial charge in [0.2, 0.25) is 0 Å². The van der Waals surface area contributed by atoms with Gasteiger partial charge in [-0.05, 0) is 29.6 Å². The SMILES string of the molecule is CC(C)(C)C[C@H]1O[C@@H](n2cnc3c(=O)[nH]c(=O)[nH]c32)CC1C(C)(C)C. The van der Waals surface area contributed by atoms with Crippen LogP contribution in [0.15, 0.2) is 15.9 Å². The molecular weight excluding hydrogens is 320 g/mol. The average molecular weight is 348 g/mol. The third-order valence-electron chi connectivity index (χ3n) is 4.94. The fourth-order valence-corrected chi connectivity index (χ4v) is 3.78. The summed E-state index contributed by atoms with van der Waals surface area (Å²) < 4.78 is 8.18. The van der Waals surface area contributed by atoms with Crippen LogP contribution in [0.25, 0.3) is 11.2 Å². The van der Waals surface area contributed by atoms with Gasteiger partial charge in [0, 0.05) is 0 Å². The van der Waals surface area contributed by atoms with Gasteiger partial charge in [-0.3, -0.25) is 19.3 Å². The average Bonchev–Trinajstić information content (AvgIpc) is 2.99. The number of hydrogen-bond acceptors (Lipinski definition) is 4. The van der Waals surface area contributed by atoms with E-state index < -0.39 is 11.2 Å². The Bertz CT molecular complexity index is 879. The van der Waals surface area contributed by atoms with Crippen molar-refractivity contribution in [3.8, 4) is 0 Å². The Balaban J connectivity index is 1.99. The van der Waals surface area contributed by atoms with Crippen LogP contribution in [0.5, 0.6) is 0 Å². The van der Waals surface area contributed by atoms with E-state index in [1.807, 2.05) is 0 Å². The summed E-state index contributed by atoms with van der Waals surface area (Å²) in [5.41, 5.74) is -0.0974. The summed E-state index contributed by atoms with van der Waals surface area (Å²) in [6.45, 7) is 13.3. The smallest absolute Gasteiger partial charge is 0.327 e. The number of nitrogens with zero attached hydrogens (tertiary/aromatic N) is 2. The molecule has 7 nitrogen and oxygen atoms in total. The lowest BCUT2D eigenvalue weighted by Crippen LogP contribution is -2.31. The Kier molecular flexibility index (Phi) is 4.18. The molecule has 138 valence electrons. The van der Waals surface area contributed by atoms with Crippen LogP contribution in [-0.2, 0) is 4.74 Å². The molecule has 0 aliphatic carbocycles. The molecule has 3 heterocycles. The van der Waals surface area contributed by atoms with Crippen LogP contribution >= 0.6 is 0 Å². The van der Waals surface area contributed by atoms with Crippen LogP contribution in [0.4, 0.5) is 0 Å². The zero-order chi connectivity index (χ0) is 18.6. The molecule has 2 aromatic heterocycles. The minimum atomic E-state index is -0.532. The monoisotopic (exact) mass is 348 g/mol. The molecule has 7 heteroatoms. The summed E-state index contributed by atoms with van der Waals surface area (Å²) in [7, 11) is 0. The molecule has 3 rings (SSSR count). The van der Waals surface area contributed by atoms with Crippen molar-refractivity contribution >= 4 is 11.2 Å². The van der Waals surface area contributed by atoms with E-state index in [2.05, 4.69) is 56.5 Å². The lowest BCUT2D eigenvalue weighted by Gasteiger charge is -2.33. The van der Waals surface area contributed by atoms with Crippen molar-refractivity contribution < 1.29 is 4.74 Å². The zero-order valence-corrected chi connectivity index (χ0v) is 15.8. The minimum Gasteiger partial charge on any atom is -0.354 e. The summed E-state index contributed by atoms with van der Waals surface area (Å²) in [5.74, 6) is 0.378. The zero-order valence-electron chi connectivity index (χ0n) is 15.8. The van der Waals surface area contributed by atoms with Crippen LogP contribution in [0.3, 0.4) is 0 Å². The number of aromatic amines is 2. The lowest BCUT2D eigenvalue weighted by atomic mass is 9.73. The maximum atomic E-state index is 11.9. The Morgan fingerprint density at radius 2 is 1.88 bits per heavy atom. The van der Waals surface area contributed by atoms with Gasteiger partial charge >= 0.3 is 5.69 Å². The first-order valence-corrected chi connectivity index (χ1v) is 8.80. The molecule has 0 aromatic carbocycles. The number of rotatable bonds is 2. The molecule has 2 aromatic rings. The molecule has 0 bridgehead atoms. The van der Waals surface area contributed by atoms with E-state index in [1.165, 1.54) is 0 Å². The number of H-pyrrole nitrogens is 2. The third-order valence-corrected chi connectivity index (χ3v) is 4.94. The molecule has 0 spiro atoms. The molecule has 0 amide bonds. The van der Waals surface area contributed by atoms with Gasteiger partial charge in [0.1, 0.15) is 11.9 Å². The second kappa shape index (κ2) is 5.83. The lowest BCUT2D eigenvalue weighted by molar-refractivity contribution is -0.0309. The van der Waals surface area contributed by atoms with Crippen molar-refractivity contribution in [3.05, 3.63) is 27.2 Å². The summed E-state index contributed by atoms with van der Waals surface area (Å²) in [5, 5.41) is 0.